The molecule has 2 heterocycles. The van der Waals surface area contributed by atoms with Gasteiger partial charge in [-0.25, -0.2) is 10.4 Å². The number of aryl methyl sites for hydroxylation is 1. The van der Waals surface area contributed by atoms with E-state index in [-0.39, 0.29) is 0 Å². The van der Waals surface area contributed by atoms with Crippen LogP contribution in [0.15, 0.2) is 52.1 Å². The summed E-state index contributed by atoms with van der Waals surface area (Å²) in [5.41, 5.74) is 4.34. The Kier molecular flexibility index (Phi) is 4.28. The maximum Gasteiger partial charge on any atom is 0.263 e. The van der Waals surface area contributed by atoms with Crippen molar-refractivity contribution in [3.63, 3.8) is 0 Å². The Morgan fingerprint density at radius 1 is 1.17 bits per heavy atom. The van der Waals surface area contributed by atoms with E-state index in [1.807, 2.05) is 43.3 Å². The normalized spacial score (nSPS) is 10.9. The van der Waals surface area contributed by atoms with Gasteiger partial charge in [0.2, 0.25) is 0 Å². The maximum atomic E-state index is 5.38. The predicted octanol–water partition coefficient (Wildman–Crippen LogP) is 2.89. The fourth-order valence-corrected chi connectivity index (χ4v) is 1.93. The largest absolute Gasteiger partial charge is 0.497 e. The number of ether oxygens (including phenoxy) is 1. The van der Waals surface area contributed by atoms with Crippen molar-refractivity contribution < 1.29 is 9.15 Å². The first kappa shape index (κ1) is 14.7. The summed E-state index contributed by atoms with van der Waals surface area (Å²) in [4.78, 5) is 4.36. The summed E-state index contributed by atoms with van der Waals surface area (Å²) in [5, 5.41) is 11.9. The molecule has 7 heteroatoms. The molecule has 0 atom stereocenters. The van der Waals surface area contributed by atoms with Crippen LogP contribution in [0.1, 0.15) is 11.5 Å². The Hall–Kier alpha value is -3.22. The fourth-order valence-electron chi connectivity index (χ4n) is 1.93. The highest BCUT2D eigenvalue weighted by Gasteiger charge is 2.03. The van der Waals surface area contributed by atoms with Gasteiger partial charge in [-0.1, -0.05) is 0 Å². The monoisotopic (exact) mass is 309 g/mol. The number of anilines is 1. The molecule has 0 aliphatic carbocycles. The van der Waals surface area contributed by atoms with Crippen molar-refractivity contribution in [2.75, 3.05) is 12.5 Å². The lowest BCUT2D eigenvalue weighted by molar-refractivity contribution is 0.415. The summed E-state index contributed by atoms with van der Waals surface area (Å²) in [6.07, 6.45) is 3.14. The minimum atomic E-state index is 0.304. The molecule has 1 aromatic carbocycles. The summed E-state index contributed by atoms with van der Waals surface area (Å²) in [6.45, 7) is 1.87. The Labute approximate surface area is 133 Å². The molecule has 7 nitrogen and oxygen atoms in total. The van der Waals surface area contributed by atoms with Crippen molar-refractivity contribution >= 4 is 12.2 Å². The van der Waals surface area contributed by atoms with E-state index in [0.29, 0.717) is 17.4 Å². The van der Waals surface area contributed by atoms with Crippen molar-refractivity contribution in [1.29, 1.82) is 0 Å². The minimum absolute atomic E-state index is 0.304. The minimum Gasteiger partial charge on any atom is -0.497 e. The smallest absolute Gasteiger partial charge is 0.263 e. The molecule has 1 N–H and O–H groups in total. The van der Waals surface area contributed by atoms with Crippen molar-refractivity contribution in [3.05, 3.63) is 54.1 Å². The number of rotatable bonds is 5. The molecule has 116 valence electrons. The summed E-state index contributed by atoms with van der Waals surface area (Å²) in [5.74, 6) is 2.56. The number of nitrogens with zero attached hydrogens (tertiary/aromatic N) is 4. The third-order valence-corrected chi connectivity index (χ3v) is 3.06. The zero-order valence-electron chi connectivity index (χ0n) is 12.7. The second-order valence-corrected chi connectivity index (χ2v) is 4.71. The number of aromatic nitrogens is 3. The molecule has 0 spiro atoms. The third kappa shape index (κ3) is 3.70. The summed E-state index contributed by atoms with van der Waals surface area (Å²) < 4.78 is 10.5. The molecular weight excluding hydrogens is 294 g/mol. The van der Waals surface area contributed by atoms with Gasteiger partial charge in [0.1, 0.15) is 17.3 Å². The SMILES string of the molecule is COc1ccc(-c2cnnc(NN=Cc3ccc(C)o3)n2)cc1. The Bertz CT molecular complexity index is 811. The average Bonchev–Trinajstić information content (AvgIpc) is 3.00. The quantitative estimate of drug-likeness (QED) is 0.576. The van der Waals surface area contributed by atoms with E-state index in [1.54, 1.807) is 19.5 Å². The number of hydrogen-bond donors (Lipinski definition) is 1. The van der Waals surface area contributed by atoms with Gasteiger partial charge in [0.05, 0.1) is 25.2 Å². The van der Waals surface area contributed by atoms with Crippen molar-refractivity contribution in [2.45, 2.75) is 6.92 Å². The molecule has 0 aliphatic rings. The highest BCUT2D eigenvalue weighted by atomic mass is 16.5. The second-order valence-electron chi connectivity index (χ2n) is 4.71. The first-order valence-corrected chi connectivity index (χ1v) is 6.94. The molecule has 23 heavy (non-hydrogen) atoms. The number of methoxy groups -OCH3 is 1. The molecule has 0 unspecified atom stereocenters. The molecule has 0 amide bonds. The molecular formula is C16H15N5O2. The zero-order chi connectivity index (χ0) is 16.1. The zero-order valence-corrected chi connectivity index (χ0v) is 12.7. The number of benzene rings is 1. The summed E-state index contributed by atoms with van der Waals surface area (Å²) in [6, 6.07) is 11.2. The summed E-state index contributed by atoms with van der Waals surface area (Å²) >= 11 is 0. The van der Waals surface area contributed by atoms with Crippen molar-refractivity contribution in [3.8, 4) is 17.0 Å². The lowest BCUT2D eigenvalue weighted by Crippen LogP contribution is -1.99. The highest BCUT2D eigenvalue weighted by molar-refractivity contribution is 5.76. The Balaban J connectivity index is 1.72. The molecule has 0 aliphatic heterocycles. The average molecular weight is 309 g/mol. The number of furan rings is 1. The van der Waals surface area contributed by atoms with Crippen LogP contribution in [0.5, 0.6) is 5.75 Å². The van der Waals surface area contributed by atoms with Gasteiger partial charge in [-0.3, -0.25) is 0 Å². The lowest BCUT2D eigenvalue weighted by atomic mass is 10.1. The first-order chi connectivity index (χ1) is 11.2. The van der Waals surface area contributed by atoms with Crippen LogP contribution in [-0.2, 0) is 0 Å². The van der Waals surface area contributed by atoms with Gasteiger partial charge in [0.25, 0.3) is 5.95 Å². The van der Waals surface area contributed by atoms with Crippen LogP contribution in [-0.4, -0.2) is 28.5 Å². The van der Waals surface area contributed by atoms with E-state index < -0.39 is 0 Å². The van der Waals surface area contributed by atoms with Gasteiger partial charge < -0.3 is 9.15 Å². The Morgan fingerprint density at radius 2 is 2.00 bits per heavy atom. The van der Waals surface area contributed by atoms with Crippen LogP contribution in [0.4, 0.5) is 5.95 Å². The van der Waals surface area contributed by atoms with Crippen molar-refractivity contribution in [2.24, 2.45) is 5.10 Å². The van der Waals surface area contributed by atoms with Crippen molar-refractivity contribution in [1.82, 2.24) is 15.2 Å². The van der Waals surface area contributed by atoms with Crippen LogP contribution in [0.25, 0.3) is 11.3 Å². The molecule has 0 radical (unpaired) electrons. The van der Waals surface area contributed by atoms with E-state index in [0.717, 1.165) is 17.1 Å². The standard InChI is InChI=1S/C16H15N5O2/c1-11-3-6-14(23-11)9-17-20-16-19-15(10-18-21-16)12-4-7-13(22-2)8-5-12/h3-10H,1-2H3,(H,19,20,21). The van der Waals surface area contributed by atoms with E-state index in [9.17, 15) is 0 Å². The van der Waals surface area contributed by atoms with E-state index in [1.165, 1.54) is 0 Å². The van der Waals surface area contributed by atoms with E-state index in [4.69, 9.17) is 9.15 Å². The van der Waals surface area contributed by atoms with Crippen LogP contribution in [0.2, 0.25) is 0 Å². The Morgan fingerprint density at radius 3 is 2.70 bits per heavy atom. The van der Waals surface area contributed by atoms with Gasteiger partial charge >= 0.3 is 0 Å². The van der Waals surface area contributed by atoms with Gasteiger partial charge in [-0.05, 0) is 43.3 Å². The van der Waals surface area contributed by atoms with E-state index in [2.05, 4.69) is 25.7 Å². The van der Waals surface area contributed by atoms with Crippen LogP contribution in [0.3, 0.4) is 0 Å². The molecule has 0 bridgehead atoms. The molecule has 3 rings (SSSR count). The number of hydrazone groups is 1. The van der Waals surface area contributed by atoms with Gasteiger partial charge in [-0.15, -0.1) is 5.10 Å². The molecule has 3 aromatic rings. The van der Waals surface area contributed by atoms with E-state index >= 15 is 0 Å². The first-order valence-electron chi connectivity index (χ1n) is 6.94. The number of nitrogens with one attached hydrogen (secondary N) is 1. The molecule has 0 saturated heterocycles. The van der Waals surface area contributed by atoms with Gasteiger partial charge in [0.15, 0.2) is 0 Å². The van der Waals surface area contributed by atoms with Crippen LogP contribution < -0.4 is 10.2 Å². The maximum absolute atomic E-state index is 5.38. The topological polar surface area (TPSA) is 85.4 Å². The fraction of sp³-hybridized carbons (Fsp3) is 0.125. The van der Waals surface area contributed by atoms with Crippen LogP contribution >= 0.6 is 0 Å². The van der Waals surface area contributed by atoms with Crippen LogP contribution in [0, 0.1) is 6.92 Å². The van der Waals surface area contributed by atoms with Gasteiger partial charge in [-0.2, -0.15) is 10.2 Å². The number of hydrogen-bond acceptors (Lipinski definition) is 7. The molecule has 2 aromatic heterocycles. The third-order valence-electron chi connectivity index (χ3n) is 3.06. The lowest BCUT2D eigenvalue weighted by Gasteiger charge is -2.03. The molecule has 0 saturated carbocycles. The predicted molar refractivity (Wildman–Crippen MR) is 86.5 cm³/mol. The molecule has 0 fully saturated rings. The summed E-state index contributed by atoms with van der Waals surface area (Å²) in [7, 11) is 1.63. The van der Waals surface area contributed by atoms with Gasteiger partial charge in [0, 0.05) is 5.56 Å². The second kappa shape index (κ2) is 6.69. The highest BCUT2D eigenvalue weighted by Crippen LogP contribution is 2.20.